The minimum atomic E-state index is -0.271. The van der Waals surface area contributed by atoms with E-state index in [1.54, 1.807) is 0 Å². The Hall–Kier alpha value is -3.32. The Morgan fingerprint density at radius 2 is 1.05 bits per heavy atom. The smallest absolute Gasteiger partial charge is 0.113 e. The van der Waals surface area contributed by atoms with E-state index in [1.807, 2.05) is 18.2 Å². The van der Waals surface area contributed by atoms with Crippen LogP contribution in [0.1, 0.15) is 42.0 Å². The lowest BCUT2D eigenvalue weighted by Gasteiger charge is -2.35. The highest BCUT2D eigenvalue weighted by molar-refractivity contribution is 5.17. The number of nitrogens with one attached hydrogen (secondary N) is 1. The first-order chi connectivity index (χ1) is 21.3. The van der Waals surface area contributed by atoms with E-state index < -0.39 is 0 Å². The molecule has 5 heteroatoms. The highest BCUT2D eigenvalue weighted by Gasteiger charge is 2.42. The van der Waals surface area contributed by atoms with Crippen LogP contribution in [0.5, 0.6) is 0 Å². The first-order valence-electron chi connectivity index (χ1n) is 15.7. The summed E-state index contributed by atoms with van der Waals surface area (Å²) in [5.74, 6) is 0. The topological polar surface area (TPSA) is 43.0 Å². The SMILES string of the molecule is CCCCN1C[C@H](NCc2ccccc2)[C@@H](OCc2ccccc2)[C@H](OCc2ccccc2)[C@H](OCc2ccccc2)C1. The highest BCUT2D eigenvalue weighted by atomic mass is 16.6. The molecule has 226 valence electrons. The zero-order chi connectivity index (χ0) is 29.5. The molecule has 0 unspecified atom stereocenters. The molecule has 0 radical (unpaired) electrons. The summed E-state index contributed by atoms with van der Waals surface area (Å²) in [6.45, 7) is 7.24. The van der Waals surface area contributed by atoms with Gasteiger partial charge in [-0.3, -0.25) is 4.90 Å². The molecule has 0 bridgehead atoms. The van der Waals surface area contributed by atoms with Gasteiger partial charge < -0.3 is 19.5 Å². The van der Waals surface area contributed by atoms with Gasteiger partial charge in [0.15, 0.2) is 0 Å². The molecule has 0 aliphatic carbocycles. The van der Waals surface area contributed by atoms with Gasteiger partial charge >= 0.3 is 0 Å². The molecule has 5 rings (SSSR count). The molecule has 1 fully saturated rings. The van der Waals surface area contributed by atoms with Gasteiger partial charge in [0.05, 0.1) is 25.9 Å². The zero-order valence-electron chi connectivity index (χ0n) is 25.4. The summed E-state index contributed by atoms with van der Waals surface area (Å²) < 4.78 is 20.5. The summed E-state index contributed by atoms with van der Waals surface area (Å²) in [6.07, 6.45) is 1.63. The van der Waals surface area contributed by atoms with E-state index in [0.29, 0.717) is 19.8 Å². The maximum absolute atomic E-state index is 6.89. The van der Waals surface area contributed by atoms with E-state index in [1.165, 1.54) is 5.56 Å². The monoisotopic (exact) mass is 578 g/mol. The summed E-state index contributed by atoms with van der Waals surface area (Å²) in [5, 5.41) is 3.89. The van der Waals surface area contributed by atoms with E-state index >= 15 is 0 Å². The van der Waals surface area contributed by atoms with Crippen molar-refractivity contribution in [2.24, 2.45) is 0 Å². The molecule has 1 aliphatic heterocycles. The summed E-state index contributed by atoms with van der Waals surface area (Å²) >= 11 is 0. The molecule has 0 saturated carbocycles. The third-order valence-electron chi connectivity index (χ3n) is 8.10. The second-order valence-electron chi connectivity index (χ2n) is 11.4. The van der Waals surface area contributed by atoms with Crippen molar-refractivity contribution < 1.29 is 14.2 Å². The molecule has 0 spiro atoms. The summed E-state index contributed by atoms with van der Waals surface area (Å²) in [4.78, 5) is 2.55. The van der Waals surface area contributed by atoms with Gasteiger partial charge in [-0.15, -0.1) is 0 Å². The van der Waals surface area contributed by atoms with Crippen LogP contribution < -0.4 is 5.32 Å². The van der Waals surface area contributed by atoms with Gasteiger partial charge in [0.2, 0.25) is 0 Å². The minimum absolute atomic E-state index is 0.0480. The molecule has 4 aromatic rings. The van der Waals surface area contributed by atoms with E-state index in [4.69, 9.17) is 14.2 Å². The average Bonchev–Trinajstić information content (AvgIpc) is 3.21. The fourth-order valence-corrected chi connectivity index (χ4v) is 5.72. The zero-order valence-corrected chi connectivity index (χ0v) is 25.4. The average molecular weight is 579 g/mol. The predicted octanol–water partition coefficient (Wildman–Crippen LogP) is 7.02. The molecular formula is C38H46N2O3. The third kappa shape index (κ3) is 9.85. The van der Waals surface area contributed by atoms with Gasteiger partial charge in [-0.2, -0.15) is 0 Å². The maximum Gasteiger partial charge on any atom is 0.113 e. The van der Waals surface area contributed by atoms with Crippen LogP contribution in [0.15, 0.2) is 121 Å². The van der Waals surface area contributed by atoms with Crippen molar-refractivity contribution in [2.75, 3.05) is 19.6 Å². The standard InChI is InChI=1S/C38H46N2O3/c1-2-3-24-40-26-35(39-25-31-16-8-4-9-17-31)37(42-29-33-20-12-6-13-21-33)38(43-30-34-22-14-7-15-23-34)36(27-40)41-28-32-18-10-5-11-19-32/h4-23,35-39H,2-3,24-30H2,1H3/t35-,36+,37+,38+/m0/s1. The normalized spacial score (nSPS) is 21.0. The first kappa shape index (κ1) is 31.1. The minimum Gasteiger partial charge on any atom is -0.369 e. The van der Waals surface area contributed by atoms with Crippen LogP contribution >= 0.6 is 0 Å². The van der Waals surface area contributed by atoms with Crippen LogP contribution in [0.2, 0.25) is 0 Å². The summed E-state index contributed by atoms with van der Waals surface area (Å²) in [7, 11) is 0. The molecule has 43 heavy (non-hydrogen) atoms. The van der Waals surface area contributed by atoms with Gasteiger partial charge in [-0.25, -0.2) is 0 Å². The van der Waals surface area contributed by atoms with Crippen LogP contribution in [-0.4, -0.2) is 48.9 Å². The van der Waals surface area contributed by atoms with E-state index in [0.717, 1.165) is 55.7 Å². The first-order valence-corrected chi connectivity index (χ1v) is 15.7. The number of benzene rings is 4. The number of hydrogen-bond acceptors (Lipinski definition) is 5. The molecule has 4 atom stereocenters. The Balaban J connectivity index is 1.45. The number of hydrogen-bond donors (Lipinski definition) is 1. The van der Waals surface area contributed by atoms with Crippen LogP contribution in [0, 0.1) is 0 Å². The number of nitrogens with zero attached hydrogens (tertiary/aromatic N) is 1. The van der Waals surface area contributed by atoms with Crippen LogP contribution in [0.25, 0.3) is 0 Å². The molecule has 0 aromatic heterocycles. The van der Waals surface area contributed by atoms with E-state index in [-0.39, 0.29) is 24.4 Å². The molecular weight excluding hydrogens is 532 g/mol. The van der Waals surface area contributed by atoms with Crippen molar-refractivity contribution in [3.05, 3.63) is 144 Å². The molecule has 1 N–H and O–H groups in total. The Kier molecular flexibility index (Phi) is 12.4. The quantitative estimate of drug-likeness (QED) is 0.164. The number of rotatable bonds is 15. The largest absolute Gasteiger partial charge is 0.369 e. The summed E-state index contributed by atoms with van der Waals surface area (Å²) in [5.41, 5.74) is 4.72. The van der Waals surface area contributed by atoms with Crippen molar-refractivity contribution in [2.45, 2.75) is 70.5 Å². The highest BCUT2D eigenvalue weighted by Crippen LogP contribution is 2.26. The fourth-order valence-electron chi connectivity index (χ4n) is 5.72. The Morgan fingerprint density at radius 1 is 0.581 bits per heavy atom. The molecule has 1 heterocycles. The van der Waals surface area contributed by atoms with Crippen molar-refractivity contribution in [1.82, 2.24) is 10.2 Å². The van der Waals surface area contributed by atoms with Gasteiger partial charge in [0, 0.05) is 25.7 Å². The molecule has 1 aliphatic rings. The Morgan fingerprint density at radius 3 is 1.56 bits per heavy atom. The van der Waals surface area contributed by atoms with Crippen LogP contribution in [0.3, 0.4) is 0 Å². The fraction of sp³-hybridized carbons (Fsp3) is 0.368. The summed E-state index contributed by atoms with van der Waals surface area (Å²) in [6, 6.07) is 41.9. The lowest BCUT2D eigenvalue weighted by molar-refractivity contribution is -0.153. The molecule has 0 amide bonds. The predicted molar refractivity (Wildman–Crippen MR) is 173 cm³/mol. The van der Waals surface area contributed by atoms with E-state index in [2.05, 4.69) is 120 Å². The van der Waals surface area contributed by atoms with Gasteiger partial charge in [-0.1, -0.05) is 135 Å². The second-order valence-corrected chi connectivity index (χ2v) is 11.4. The number of ether oxygens (including phenoxy) is 3. The van der Waals surface area contributed by atoms with Crippen molar-refractivity contribution in [3.8, 4) is 0 Å². The molecule has 1 saturated heterocycles. The van der Waals surface area contributed by atoms with Crippen molar-refractivity contribution in [3.63, 3.8) is 0 Å². The Bertz CT molecular complexity index is 1190. The van der Waals surface area contributed by atoms with Crippen molar-refractivity contribution >= 4 is 0 Å². The van der Waals surface area contributed by atoms with Gasteiger partial charge in [0.25, 0.3) is 0 Å². The van der Waals surface area contributed by atoms with Gasteiger partial charge in [-0.05, 0) is 35.2 Å². The van der Waals surface area contributed by atoms with E-state index in [9.17, 15) is 0 Å². The maximum atomic E-state index is 6.89. The second kappa shape index (κ2) is 17.1. The lowest BCUT2D eigenvalue weighted by Crippen LogP contribution is -2.53. The van der Waals surface area contributed by atoms with Crippen LogP contribution in [-0.2, 0) is 40.6 Å². The van der Waals surface area contributed by atoms with Crippen LogP contribution in [0.4, 0.5) is 0 Å². The number of unbranched alkanes of at least 4 members (excludes halogenated alkanes) is 1. The molecule has 4 aromatic carbocycles. The number of likely N-dealkylation sites (tertiary alicyclic amines) is 1. The van der Waals surface area contributed by atoms with Crippen molar-refractivity contribution in [1.29, 1.82) is 0 Å². The Labute approximate surface area is 257 Å². The molecule has 5 nitrogen and oxygen atoms in total. The third-order valence-corrected chi connectivity index (χ3v) is 8.10. The lowest BCUT2D eigenvalue weighted by atomic mass is 10.0. The van der Waals surface area contributed by atoms with Gasteiger partial charge in [0.1, 0.15) is 12.2 Å².